The number of hydrogen-bond acceptors (Lipinski definition) is 4. The van der Waals surface area contributed by atoms with Crippen LogP contribution < -0.4 is 4.74 Å². The number of nitrogens with zero attached hydrogens (tertiary/aromatic N) is 2. The Labute approximate surface area is 177 Å². The summed E-state index contributed by atoms with van der Waals surface area (Å²) in [6.45, 7) is 9.42. The van der Waals surface area contributed by atoms with Gasteiger partial charge < -0.3 is 14.5 Å². The van der Waals surface area contributed by atoms with Gasteiger partial charge >= 0.3 is 0 Å². The van der Waals surface area contributed by atoms with Crippen molar-refractivity contribution < 1.29 is 14.3 Å². The molecule has 0 bridgehead atoms. The summed E-state index contributed by atoms with van der Waals surface area (Å²) in [5.74, 6) is 1.08. The zero-order chi connectivity index (χ0) is 21.0. The van der Waals surface area contributed by atoms with Gasteiger partial charge in [0, 0.05) is 24.9 Å². The minimum atomic E-state index is -0.134. The van der Waals surface area contributed by atoms with E-state index in [1.54, 1.807) is 16.2 Å². The van der Waals surface area contributed by atoms with E-state index in [2.05, 4.69) is 25.3 Å². The van der Waals surface area contributed by atoms with Gasteiger partial charge in [0.1, 0.15) is 12.4 Å². The Bertz CT molecular complexity index is 861. The number of thiophene rings is 1. The summed E-state index contributed by atoms with van der Waals surface area (Å²) in [6.07, 6.45) is 0.851. The van der Waals surface area contributed by atoms with E-state index in [4.69, 9.17) is 4.74 Å². The topological polar surface area (TPSA) is 49.9 Å². The van der Waals surface area contributed by atoms with Gasteiger partial charge in [0.05, 0.1) is 12.6 Å². The van der Waals surface area contributed by atoms with Crippen LogP contribution in [0.4, 0.5) is 0 Å². The van der Waals surface area contributed by atoms with Crippen LogP contribution in [0.15, 0.2) is 35.7 Å². The smallest absolute Gasteiger partial charge is 0.242 e. The molecule has 1 aromatic heterocycles. The van der Waals surface area contributed by atoms with Crippen molar-refractivity contribution in [3.05, 3.63) is 51.7 Å². The minimum Gasteiger partial charge on any atom is -0.491 e. The van der Waals surface area contributed by atoms with Crippen LogP contribution in [0.2, 0.25) is 0 Å². The molecule has 1 atom stereocenters. The predicted molar refractivity (Wildman–Crippen MR) is 116 cm³/mol. The minimum absolute atomic E-state index is 0.0175. The van der Waals surface area contributed by atoms with Gasteiger partial charge in [0.25, 0.3) is 0 Å². The predicted octanol–water partition coefficient (Wildman–Crippen LogP) is 4.07. The summed E-state index contributed by atoms with van der Waals surface area (Å²) in [4.78, 5) is 30.1. The lowest BCUT2D eigenvalue weighted by Gasteiger charge is -2.37. The highest BCUT2D eigenvalue weighted by atomic mass is 32.1. The van der Waals surface area contributed by atoms with Crippen LogP contribution >= 0.6 is 11.3 Å². The first kappa shape index (κ1) is 21.4. The third-order valence-electron chi connectivity index (χ3n) is 5.26. The number of aryl methyl sites for hydroxylation is 1. The fraction of sp³-hybridized carbons (Fsp3) is 0.478. The maximum absolute atomic E-state index is 13.2. The zero-order valence-corrected chi connectivity index (χ0v) is 18.5. The fourth-order valence-corrected chi connectivity index (χ4v) is 4.69. The monoisotopic (exact) mass is 414 g/mol. The summed E-state index contributed by atoms with van der Waals surface area (Å²) in [5.41, 5.74) is 2.24. The number of fused-ring (bicyclic) bond motifs is 1. The molecule has 6 heteroatoms. The summed E-state index contributed by atoms with van der Waals surface area (Å²) < 4.78 is 6.13. The van der Waals surface area contributed by atoms with Gasteiger partial charge in [-0.1, -0.05) is 32.0 Å². The average Bonchev–Trinajstić information content (AvgIpc) is 3.15. The van der Waals surface area contributed by atoms with E-state index in [0.29, 0.717) is 25.6 Å². The second-order valence-electron chi connectivity index (χ2n) is 8.02. The molecule has 2 aromatic rings. The van der Waals surface area contributed by atoms with Crippen molar-refractivity contribution in [2.24, 2.45) is 5.92 Å². The van der Waals surface area contributed by atoms with Crippen LogP contribution in [0.1, 0.15) is 42.8 Å². The third kappa shape index (κ3) is 5.18. The Morgan fingerprint density at radius 3 is 2.72 bits per heavy atom. The van der Waals surface area contributed by atoms with Crippen molar-refractivity contribution >= 4 is 23.2 Å². The Kier molecular flexibility index (Phi) is 6.96. The summed E-state index contributed by atoms with van der Waals surface area (Å²) in [5, 5.41) is 2.08. The molecule has 1 aromatic carbocycles. The van der Waals surface area contributed by atoms with E-state index in [0.717, 1.165) is 17.7 Å². The number of carbonyl (C=O) groups excluding carboxylic acids is 2. The fourth-order valence-electron chi connectivity index (χ4n) is 3.76. The molecule has 0 unspecified atom stereocenters. The molecule has 0 saturated heterocycles. The number of para-hydroxylation sites is 1. The Hall–Kier alpha value is -2.34. The van der Waals surface area contributed by atoms with Crippen molar-refractivity contribution in [1.29, 1.82) is 0 Å². The number of ether oxygens (including phenoxy) is 1. The first-order valence-corrected chi connectivity index (χ1v) is 11.0. The molecule has 0 N–H and O–H groups in total. The molecule has 1 aliphatic rings. The molecule has 0 spiro atoms. The molecule has 2 amide bonds. The second kappa shape index (κ2) is 9.44. The molecule has 3 rings (SSSR count). The van der Waals surface area contributed by atoms with Gasteiger partial charge in [-0.25, -0.2) is 0 Å². The maximum atomic E-state index is 13.2. The molecule has 0 saturated carbocycles. The standard InChI is InChI=1S/C23H30N2O3S/c1-16(2)13-24(18(4)26)14-23(27)25-11-9-22-19(10-12-29-22)20(25)15-28-21-8-6-5-7-17(21)3/h5-8,10,12,16,20H,9,11,13-15H2,1-4H3/t20-/m1/s1. The summed E-state index contributed by atoms with van der Waals surface area (Å²) >= 11 is 1.74. The van der Waals surface area contributed by atoms with Crippen molar-refractivity contribution in [3.8, 4) is 5.75 Å². The zero-order valence-electron chi connectivity index (χ0n) is 17.7. The highest BCUT2D eigenvalue weighted by Crippen LogP contribution is 2.34. The molecule has 1 aliphatic heterocycles. The Morgan fingerprint density at radius 1 is 1.28 bits per heavy atom. The SMILES string of the molecule is CC(=O)N(CC(=O)N1CCc2sccc2[C@H]1COc1ccccc1C)CC(C)C. The first-order valence-electron chi connectivity index (χ1n) is 10.2. The highest BCUT2D eigenvalue weighted by molar-refractivity contribution is 7.10. The van der Waals surface area contributed by atoms with Crippen LogP contribution in [-0.4, -0.2) is 47.9 Å². The van der Waals surface area contributed by atoms with E-state index >= 15 is 0 Å². The van der Waals surface area contributed by atoms with E-state index < -0.39 is 0 Å². The van der Waals surface area contributed by atoms with Gasteiger partial charge in [0.15, 0.2) is 0 Å². The summed E-state index contributed by atoms with van der Waals surface area (Å²) in [7, 11) is 0. The third-order valence-corrected chi connectivity index (χ3v) is 6.26. The number of hydrogen-bond donors (Lipinski definition) is 0. The molecule has 5 nitrogen and oxygen atoms in total. The number of benzene rings is 1. The van der Waals surface area contributed by atoms with Crippen molar-refractivity contribution in [2.75, 3.05) is 26.2 Å². The van der Waals surface area contributed by atoms with Crippen LogP contribution in [-0.2, 0) is 16.0 Å². The van der Waals surface area contributed by atoms with Crippen LogP contribution in [0.5, 0.6) is 5.75 Å². The largest absolute Gasteiger partial charge is 0.491 e. The van der Waals surface area contributed by atoms with E-state index in [1.807, 2.05) is 36.1 Å². The summed E-state index contributed by atoms with van der Waals surface area (Å²) in [6, 6.07) is 9.89. The number of rotatable bonds is 7. The Balaban J connectivity index is 1.77. The molecule has 29 heavy (non-hydrogen) atoms. The molecule has 2 heterocycles. The van der Waals surface area contributed by atoms with Crippen molar-refractivity contribution in [2.45, 2.75) is 40.2 Å². The molecular formula is C23H30N2O3S. The lowest BCUT2D eigenvalue weighted by molar-refractivity contribution is -0.142. The van der Waals surface area contributed by atoms with Gasteiger partial charge in [-0.3, -0.25) is 9.59 Å². The van der Waals surface area contributed by atoms with Crippen LogP contribution in [0.3, 0.4) is 0 Å². The quantitative estimate of drug-likeness (QED) is 0.686. The lowest BCUT2D eigenvalue weighted by Crippen LogP contribution is -2.48. The van der Waals surface area contributed by atoms with Crippen LogP contribution in [0.25, 0.3) is 0 Å². The van der Waals surface area contributed by atoms with Gasteiger partial charge in [0.2, 0.25) is 11.8 Å². The van der Waals surface area contributed by atoms with Gasteiger partial charge in [-0.2, -0.15) is 0 Å². The molecule has 0 aliphatic carbocycles. The lowest BCUT2D eigenvalue weighted by atomic mass is 10.00. The van der Waals surface area contributed by atoms with E-state index in [-0.39, 0.29) is 24.4 Å². The average molecular weight is 415 g/mol. The number of amides is 2. The number of carbonyl (C=O) groups is 2. The molecule has 0 fully saturated rings. The van der Waals surface area contributed by atoms with Crippen molar-refractivity contribution in [3.63, 3.8) is 0 Å². The first-order chi connectivity index (χ1) is 13.9. The molecular weight excluding hydrogens is 384 g/mol. The highest BCUT2D eigenvalue weighted by Gasteiger charge is 2.33. The van der Waals surface area contributed by atoms with E-state index in [9.17, 15) is 9.59 Å². The maximum Gasteiger partial charge on any atom is 0.242 e. The normalized spacial score (nSPS) is 15.9. The second-order valence-corrected chi connectivity index (χ2v) is 9.02. The Morgan fingerprint density at radius 2 is 2.03 bits per heavy atom. The van der Waals surface area contributed by atoms with E-state index in [1.165, 1.54) is 17.4 Å². The van der Waals surface area contributed by atoms with Crippen molar-refractivity contribution in [1.82, 2.24) is 9.80 Å². The van der Waals surface area contributed by atoms with Gasteiger partial charge in [-0.05, 0) is 47.9 Å². The van der Waals surface area contributed by atoms with Crippen LogP contribution in [0, 0.1) is 12.8 Å². The molecule has 0 radical (unpaired) electrons. The van der Waals surface area contributed by atoms with Gasteiger partial charge in [-0.15, -0.1) is 11.3 Å². The molecule has 156 valence electrons.